The third-order valence-corrected chi connectivity index (χ3v) is 4.86. The van der Waals surface area contributed by atoms with E-state index < -0.39 is 0 Å². The van der Waals surface area contributed by atoms with Gasteiger partial charge < -0.3 is 4.90 Å². The summed E-state index contributed by atoms with van der Waals surface area (Å²) in [7, 11) is 2.22. The summed E-state index contributed by atoms with van der Waals surface area (Å²) in [6.07, 6.45) is 4.15. The predicted molar refractivity (Wildman–Crippen MR) is 81.0 cm³/mol. The van der Waals surface area contributed by atoms with Crippen molar-refractivity contribution in [1.82, 2.24) is 10.2 Å². The molecule has 1 aliphatic carbocycles. The highest BCUT2D eigenvalue weighted by Crippen LogP contribution is 2.35. The molecule has 0 aromatic rings. The van der Waals surface area contributed by atoms with E-state index in [0.717, 1.165) is 32.2 Å². The van der Waals surface area contributed by atoms with Crippen LogP contribution in [-0.4, -0.2) is 36.1 Å². The number of nitriles is 1. The number of hydrogen-bond donors (Lipinski definition) is 1. The molecular formula is C16H31N3. The lowest BCUT2D eigenvalue weighted by atomic mass is 9.86. The molecule has 0 spiro atoms. The lowest BCUT2D eigenvalue weighted by molar-refractivity contribution is 0.0968. The molecule has 3 atom stereocenters. The Bertz CT molecular complexity index is 326. The van der Waals surface area contributed by atoms with Gasteiger partial charge in [-0.3, -0.25) is 5.32 Å². The van der Waals surface area contributed by atoms with Gasteiger partial charge in [-0.05, 0) is 51.6 Å². The van der Waals surface area contributed by atoms with Crippen molar-refractivity contribution < 1.29 is 0 Å². The Morgan fingerprint density at radius 2 is 2.11 bits per heavy atom. The van der Waals surface area contributed by atoms with Crippen molar-refractivity contribution >= 4 is 0 Å². The average molecular weight is 265 g/mol. The molecule has 110 valence electrons. The van der Waals surface area contributed by atoms with E-state index in [9.17, 15) is 5.26 Å². The minimum atomic E-state index is -0.285. The maximum Gasteiger partial charge on any atom is 0.108 e. The summed E-state index contributed by atoms with van der Waals surface area (Å²) >= 11 is 0. The van der Waals surface area contributed by atoms with Gasteiger partial charge in [0.1, 0.15) is 5.54 Å². The van der Waals surface area contributed by atoms with E-state index in [1.807, 2.05) is 0 Å². The predicted octanol–water partition coefficient (Wildman–Crippen LogP) is 3.17. The van der Waals surface area contributed by atoms with E-state index in [0.29, 0.717) is 12.1 Å². The van der Waals surface area contributed by atoms with Crippen LogP contribution in [0.1, 0.15) is 60.3 Å². The molecule has 1 N–H and O–H groups in total. The first kappa shape index (κ1) is 16.5. The van der Waals surface area contributed by atoms with Crippen LogP contribution < -0.4 is 5.32 Å². The van der Waals surface area contributed by atoms with Gasteiger partial charge in [-0.1, -0.05) is 27.7 Å². The zero-order valence-electron chi connectivity index (χ0n) is 13.6. The van der Waals surface area contributed by atoms with E-state index in [1.54, 1.807) is 0 Å². The largest absolute Gasteiger partial charge is 0.300 e. The van der Waals surface area contributed by atoms with Crippen LogP contribution in [0.2, 0.25) is 0 Å². The first-order valence-electron chi connectivity index (χ1n) is 7.64. The van der Waals surface area contributed by atoms with E-state index >= 15 is 0 Å². The molecule has 3 nitrogen and oxygen atoms in total. The van der Waals surface area contributed by atoms with Crippen molar-refractivity contribution in [2.45, 2.75) is 77.9 Å². The molecule has 0 aromatic carbocycles. The van der Waals surface area contributed by atoms with Crippen LogP contribution in [0.25, 0.3) is 0 Å². The summed E-state index contributed by atoms with van der Waals surface area (Å²) in [5, 5.41) is 13.0. The second-order valence-electron chi connectivity index (χ2n) is 7.22. The summed E-state index contributed by atoms with van der Waals surface area (Å²) in [4.78, 5) is 2.48. The third-order valence-electron chi connectivity index (χ3n) is 4.86. The van der Waals surface area contributed by atoms with Crippen molar-refractivity contribution in [2.75, 3.05) is 13.6 Å². The van der Waals surface area contributed by atoms with Gasteiger partial charge in [0.15, 0.2) is 0 Å². The van der Waals surface area contributed by atoms with Gasteiger partial charge in [-0.15, -0.1) is 0 Å². The smallest absolute Gasteiger partial charge is 0.108 e. The Kier molecular flexibility index (Phi) is 5.41. The molecule has 1 fully saturated rings. The fourth-order valence-corrected chi connectivity index (χ4v) is 2.96. The molecule has 3 unspecified atom stereocenters. The van der Waals surface area contributed by atoms with Crippen molar-refractivity contribution in [3.63, 3.8) is 0 Å². The van der Waals surface area contributed by atoms with Crippen molar-refractivity contribution in [3.05, 3.63) is 0 Å². The van der Waals surface area contributed by atoms with Gasteiger partial charge in [0.05, 0.1) is 6.07 Å². The molecule has 1 aliphatic rings. The average Bonchev–Trinajstić information content (AvgIpc) is 2.78. The Morgan fingerprint density at radius 3 is 2.58 bits per heavy atom. The normalized spacial score (nSPS) is 29.5. The summed E-state index contributed by atoms with van der Waals surface area (Å²) < 4.78 is 0. The van der Waals surface area contributed by atoms with Crippen molar-refractivity contribution in [1.29, 1.82) is 5.26 Å². The van der Waals surface area contributed by atoms with Gasteiger partial charge in [0.25, 0.3) is 0 Å². The summed E-state index contributed by atoms with van der Waals surface area (Å²) in [5.41, 5.74) is -0.00394. The Labute approximate surface area is 119 Å². The van der Waals surface area contributed by atoms with Crippen LogP contribution in [0.4, 0.5) is 0 Å². The molecule has 0 saturated heterocycles. The van der Waals surface area contributed by atoms with Crippen LogP contribution in [0.15, 0.2) is 0 Å². The molecule has 0 bridgehead atoms. The van der Waals surface area contributed by atoms with Crippen LogP contribution >= 0.6 is 0 Å². The molecule has 0 aromatic heterocycles. The van der Waals surface area contributed by atoms with Crippen LogP contribution in [0.3, 0.4) is 0 Å². The van der Waals surface area contributed by atoms with Gasteiger partial charge in [0, 0.05) is 12.1 Å². The maximum absolute atomic E-state index is 9.51. The number of hydrogen-bond acceptors (Lipinski definition) is 3. The SMILES string of the molecule is CCCNC1(C#N)CCC(N(C)C(C)C(C)(C)C)C1. The second-order valence-corrected chi connectivity index (χ2v) is 7.22. The van der Waals surface area contributed by atoms with Crippen molar-refractivity contribution in [2.24, 2.45) is 5.41 Å². The molecule has 0 heterocycles. The Hall–Kier alpha value is -0.590. The van der Waals surface area contributed by atoms with Gasteiger partial charge >= 0.3 is 0 Å². The minimum Gasteiger partial charge on any atom is -0.300 e. The van der Waals surface area contributed by atoms with E-state index in [4.69, 9.17) is 0 Å². The lowest BCUT2D eigenvalue weighted by Gasteiger charge is -2.39. The summed E-state index contributed by atoms with van der Waals surface area (Å²) in [6.45, 7) is 12.3. The third kappa shape index (κ3) is 3.94. The maximum atomic E-state index is 9.51. The quantitative estimate of drug-likeness (QED) is 0.830. The zero-order valence-corrected chi connectivity index (χ0v) is 13.6. The summed E-state index contributed by atoms with van der Waals surface area (Å²) in [6, 6.07) is 3.59. The topological polar surface area (TPSA) is 39.1 Å². The highest BCUT2D eigenvalue weighted by atomic mass is 15.2. The second kappa shape index (κ2) is 6.24. The molecule has 19 heavy (non-hydrogen) atoms. The molecule has 0 radical (unpaired) electrons. The minimum absolute atomic E-state index is 0.281. The fourth-order valence-electron chi connectivity index (χ4n) is 2.96. The van der Waals surface area contributed by atoms with E-state index in [2.05, 4.69) is 58.0 Å². The molecule has 0 aliphatic heterocycles. The standard InChI is InChI=1S/C16H31N3/c1-7-10-18-16(12-17)9-8-14(11-16)19(6)13(2)15(3,4)5/h13-14,18H,7-11H2,1-6H3. The van der Waals surface area contributed by atoms with Gasteiger partial charge in [-0.25, -0.2) is 0 Å². The molecule has 1 rings (SSSR count). The van der Waals surface area contributed by atoms with Crippen LogP contribution in [-0.2, 0) is 0 Å². The molecule has 3 heteroatoms. The van der Waals surface area contributed by atoms with Crippen molar-refractivity contribution in [3.8, 4) is 6.07 Å². The van der Waals surface area contributed by atoms with Gasteiger partial charge in [0.2, 0.25) is 0 Å². The highest BCUT2D eigenvalue weighted by Gasteiger charge is 2.42. The highest BCUT2D eigenvalue weighted by molar-refractivity contribution is 5.13. The molecular weight excluding hydrogens is 234 g/mol. The molecule has 1 saturated carbocycles. The number of nitrogens with one attached hydrogen (secondary N) is 1. The number of rotatable bonds is 5. The monoisotopic (exact) mass is 265 g/mol. The van der Waals surface area contributed by atoms with E-state index in [-0.39, 0.29) is 11.0 Å². The number of nitrogens with zero attached hydrogens (tertiary/aromatic N) is 2. The lowest BCUT2D eigenvalue weighted by Crippen LogP contribution is -2.47. The molecule has 0 amide bonds. The zero-order chi connectivity index (χ0) is 14.7. The Morgan fingerprint density at radius 1 is 1.47 bits per heavy atom. The van der Waals surface area contributed by atoms with Crippen LogP contribution in [0.5, 0.6) is 0 Å². The van der Waals surface area contributed by atoms with Crippen LogP contribution in [0, 0.1) is 16.7 Å². The summed E-state index contributed by atoms with van der Waals surface area (Å²) in [5.74, 6) is 0. The van der Waals surface area contributed by atoms with Gasteiger partial charge in [-0.2, -0.15) is 5.26 Å². The van der Waals surface area contributed by atoms with E-state index in [1.165, 1.54) is 0 Å². The Balaban J connectivity index is 2.67. The first-order valence-corrected chi connectivity index (χ1v) is 7.64. The fraction of sp³-hybridized carbons (Fsp3) is 0.938. The first-order chi connectivity index (χ1) is 8.75.